The van der Waals surface area contributed by atoms with E-state index in [0.29, 0.717) is 30.4 Å². The molecule has 0 radical (unpaired) electrons. The average Bonchev–Trinajstić information content (AvgIpc) is 3.04. The van der Waals surface area contributed by atoms with Crippen molar-refractivity contribution in [2.75, 3.05) is 13.2 Å². The van der Waals surface area contributed by atoms with Gasteiger partial charge in [0.2, 0.25) is 0 Å². The molecule has 2 atom stereocenters. The Morgan fingerprint density at radius 1 is 1.52 bits per heavy atom. The molecule has 5 nitrogen and oxygen atoms in total. The third kappa shape index (κ3) is 3.40. The Balaban J connectivity index is 1.81. The Morgan fingerprint density at radius 3 is 3.00 bits per heavy atom. The molecule has 1 fully saturated rings. The number of ether oxygens (including phenoxy) is 1. The Labute approximate surface area is 144 Å². The SMILES string of the molecule is C[C@H]1CO[C@@H](c2ccccc2Cl)CN1C(=O)c1csc(CN)n1. The molecule has 1 aromatic carbocycles. The monoisotopic (exact) mass is 351 g/mol. The molecule has 1 aromatic heterocycles. The van der Waals surface area contributed by atoms with Crippen LogP contribution < -0.4 is 5.73 Å². The van der Waals surface area contributed by atoms with Crippen molar-refractivity contribution in [3.63, 3.8) is 0 Å². The van der Waals surface area contributed by atoms with Gasteiger partial charge in [-0.25, -0.2) is 4.98 Å². The van der Waals surface area contributed by atoms with Gasteiger partial charge in [0.1, 0.15) is 16.8 Å². The second kappa shape index (κ2) is 6.97. The molecule has 0 spiro atoms. The highest BCUT2D eigenvalue weighted by molar-refractivity contribution is 7.09. The number of nitrogens with zero attached hydrogens (tertiary/aromatic N) is 2. The van der Waals surface area contributed by atoms with Crippen LogP contribution in [0.5, 0.6) is 0 Å². The third-order valence-electron chi connectivity index (χ3n) is 3.89. The quantitative estimate of drug-likeness (QED) is 0.923. The predicted molar refractivity (Wildman–Crippen MR) is 90.6 cm³/mol. The van der Waals surface area contributed by atoms with E-state index in [9.17, 15) is 4.79 Å². The Kier molecular flexibility index (Phi) is 4.96. The van der Waals surface area contributed by atoms with Gasteiger partial charge in [-0.1, -0.05) is 29.8 Å². The maximum absolute atomic E-state index is 12.7. The van der Waals surface area contributed by atoms with Crippen LogP contribution in [0.1, 0.15) is 34.1 Å². The fourth-order valence-electron chi connectivity index (χ4n) is 2.61. The molecular formula is C16H18ClN3O2S. The van der Waals surface area contributed by atoms with Crippen LogP contribution in [0.2, 0.25) is 5.02 Å². The van der Waals surface area contributed by atoms with E-state index in [-0.39, 0.29) is 18.1 Å². The molecule has 0 unspecified atom stereocenters. The van der Waals surface area contributed by atoms with Crippen LogP contribution in [0.25, 0.3) is 0 Å². The lowest BCUT2D eigenvalue weighted by atomic mass is 10.1. The van der Waals surface area contributed by atoms with E-state index >= 15 is 0 Å². The minimum atomic E-state index is -0.225. The van der Waals surface area contributed by atoms with Crippen molar-refractivity contribution in [3.05, 3.63) is 50.9 Å². The molecule has 1 saturated heterocycles. The summed E-state index contributed by atoms with van der Waals surface area (Å²) < 4.78 is 5.88. The van der Waals surface area contributed by atoms with Gasteiger partial charge in [0, 0.05) is 22.5 Å². The number of thiazole rings is 1. The van der Waals surface area contributed by atoms with Gasteiger partial charge in [-0.05, 0) is 13.0 Å². The van der Waals surface area contributed by atoms with E-state index in [1.165, 1.54) is 11.3 Å². The second-order valence-corrected chi connectivity index (χ2v) is 6.83. The standard InChI is InChI=1S/C16H18ClN3O2S/c1-10-8-22-14(11-4-2-3-5-12(11)17)7-20(10)16(21)13-9-23-15(6-18)19-13/h2-5,9-10,14H,6-8,18H2,1H3/t10-,14+/m0/s1. The second-order valence-electron chi connectivity index (χ2n) is 5.48. The number of amides is 1. The molecule has 0 saturated carbocycles. The van der Waals surface area contributed by atoms with Gasteiger partial charge in [-0.3, -0.25) is 4.79 Å². The van der Waals surface area contributed by atoms with E-state index in [1.807, 2.05) is 31.2 Å². The Morgan fingerprint density at radius 2 is 2.30 bits per heavy atom. The predicted octanol–water partition coefficient (Wildman–Crippen LogP) is 2.86. The number of carbonyl (C=O) groups is 1. The van der Waals surface area contributed by atoms with Gasteiger partial charge in [-0.2, -0.15) is 0 Å². The Hall–Kier alpha value is -1.47. The van der Waals surface area contributed by atoms with Gasteiger partial charge in [0.05, 0.1) is 19.2 Å². The number of aromatic nitrogens is 1. The number of nitrogens with two attached hydrogens (primary N) is 1. The van der Waals surface area contributed by atoms with Crippen LogP contribution >= 0.6 is 22.9 Å². The molecular weight excluding hydrogens is 334 g/mol. The van der Waals surface area contributed by atoms with Crippen LogP contribution in [0.4, 0.5) is 0 Å². The van der Waals surface area contributed by atoms with Crippen LogP contribution in [-0.2, 0) is 11.3 Å². The summed E-state index contributed by atoms with van der Waals surface area (Å²) in [6.45, 7) is 3.24. The fourth-order valence-corrected chi connectivity index (χ4v) is 3.52. The zero-order chi connectivity index (χ0) is 16.4. The molecule has 3 rings (SSSR count). The van der Waals surface area contributed by atoms with Gasteiger partial charge in [-0.15, -0.1) is 11.3 Å². The Bertz CT molecular complexity index is 706. The van der Waals surface area contributed by atoms with Crippen molar-refractivity contribution in [2.24, 2.45) is 5.73 Å². The smallest absolute Gasteiger partial charge is 0.273 e. The zero-order valence-corrected chi connectivity index (χ0v) is 14.3. The summed E-state index contributed by atoms with van der Waals surface area (Å²) >= 11 is 7.66. The highest BCUT2D eigenvalue weighted by Gasteiger charge is 2.32. The molecule has 1 aliphatic rings. The van der Waals surface area contributed by atoms with E-state index < -0.39 is 0 Å². The van der Waals surface area contributed by atoms with Crippen molar-refractivity contribution < 1.29 is 9.53 Å². The highest BCUT2D eigenvalue weighted by atomic mass is 35.5. The molecule has 2 heterocycles. The summed E-state index contributed by atoms with van der Waals surface area (Å²) in [5.41, 5.74) is 6.92. The summed E-state index contributed by atoms with van der Waals surface area (Å²) in [6, 6.07) is 7.55. The van der Waals surface area contributed by atoms with Crippen LogP contribution in [0.3, 0.4) is 0 Å². The molecule has 1 amide bonds. The van der Waals surface area contributed by atoms with Crippen molar-refractivity contribution in [1.29, 1.82) is 0 Å². The van der Waals surface area contributed by atoms with Crippen molar-refractivity contribution >= 4 is 28.8 Å². The molecule has 0 bridgehead atoms. The molecule has 2 aromatic rings. The molecule has 2 N–H and O–H groups in total. The van der Waals surface area contributed by atoms with E-state index in [2.05, 4.69) is 4.98 Å². The molecule has 122 valence electrons. The van der Waals surface area contributed by atoms with Crippen LogP contribution in [0.15, 0.2) is 29.6 Å². The summed E-state index contributed by atoms with van der Waals surface area (Å²) in [7, 11) is 0. The number of morpholine rings is 1. The summed E-state index contributed by atoms with van der Waals surface area (Å²) in [4.78, 5) is 18.8. The summed E-state index contributed by atoms with van der Waals surface area (Å²) in [5, 5.41) is 3.17. The topological polar surface area (TPSA) is 68.5 Å². The highest BCUT2D eigenvalue weighted by Crippen LogP contribution is 2.30. The zero-order valence-electron chi connectivity index (χ0n) is 12.7. The van der Waals surface area contributed by atoms with Crippen molar-refractivity contribution in [3.8, 4) is 0 Å². The summed E-state index contributed by atoms with van der Waals surface area (Å²) in [5.74, 6) is -0.0891. The largest absolute Gasteiger partial charge is 0.369 e. The van der Waals surface area contributed by atoms with Crippen molar-refractivity contribution in [1.82, 2.24) is 9.88 Å². The van der Waals surface area contributed by atoms with E-state index in [0.717, 1.165) is 10.6 Å². The number of hydrogen-bond acceptors (Lipinski definition) is 5. The van der Waals surface area contributed by atoms with Gasteiger partial charge >= 0.3 is 0 Å². The van der Waals surface area contributed by atoms with E-state index in [1.54, 1.807) is 10.3 Å². The maximum atomic E-state index is 12.7. The molecule has 0 aliphatic carbocycles. The average molecular weight is 352 g/mol. The lowest BCUT2D eigenvalue weighted by molar-refractivity contribution is -0.0487. The normalized spacial score (nSPS) is 21.4. The van der Waals surface area contributed by atoms with Gasteiger partial charge < -0.3 is 15.4 Å². The molecule has 7 heteroatoms. The molecule has 23 heavy (non-hydrogen) atoms. The summed E-state index contributed by atoms with van der Waals surface area (Å²) in [6.07, 6.45) is -0.225. The van der Waals surface area contributed by atoms with Crippen LogP contribution in [-0.4, -0.2) is 35.0 Å². The lowest BCUT2D eigenvalue weighted by Gasteiger charge is -2.38. The number of halogens is 1. The first-order valence-electron chi connectivity index (χ1n) is 7.41. The lowest BCUT2D eigenvalue weighted by Crippen LogP contribution is -2.48. The first-order valence-corrected chi connectivity index (χ1v) is 8.67. The number of carbonyl (C=O) groups excluding carboxylic acids is 1. The molecule has 1 aliphatic heterocycles. The number of benzene rings is 1. The number of hydrogen-bond donors (Lipinski definition) is 1. The van der Waals surface area contributed by atoms with Gasteiger partial charge in [0.15, 0.2) is 0 Å². The van der Waals surface area contributed by atoms with Crippen molar-refractivity contribution in [2.45, 2.75) is 25.6 Å². The third-order valence-corrected chi connectivity index (χ3v) is 5.11. The first-order chi connectivity index (χ1) is 11.1. The fraction of sp³-hybridized carbons (Fsp3) is 0.375. The van der Waals surface area contributed by atoms with Gasteiger partial charge in [0.25, 0.3) is 5.91 Å². The minimum absolute atomic E-state index is 0.00994. The van der Waals surface area contributed by atoms with E-state index in [4.69, 9.17) is 22.1 Å². The minimum Gasteiger partial charge on any atom is -0.369 e. The van der Waals surface area contributed by atoms with Crippen LogP contribution in [0, 0.1) is 0 Å². The first kappa shape index (κ1) is 16.4. The number of rotatable bonds is 3. The maximum Gasteiger partial charge on any atom is 0.273 e.